The molecule has 1 aromatic carbocycles. The predicted octanol–water partition coefficient (Wildman–Crippen LogP) is 2.66. The van der Waals surface area contributed by atoms with Crippen molar-refractivity contribution in [3.63, 3.8) is 0 Å². The van der Waals surface area contributed by atoms with Gasteiger partial charge in [-0.3, -0.25) is 4.79 Å². The number of rotatable bonds is 5. The highest BCUT2D eigenvalue weighted by molar-refractivity contribution is 7.71. The minimum absolute atomic E-state index is 0.201. The van der Waals surface area contributed by atoms with Crippen LogP contribution in [0.4, 0.5) is 0 Å². The zero-order valence-electron chi connectivity index (χ0n) is 10.9. The fourth-order valence-corrected chi connectivity index (χ4v) is 2.27. The zero-order chi connectivity index (χ0) is 13.8. The molecule has 0 radical (unpaired) electrons. The summed E-state index contributed by atoms with van der Waals surface area (Å²) in [7, 11) is 3.02. The van der Waals surface area contributed by atoms with Gasteiger partial charge >= 0.3 is 5.97 Å². The lowest BCUT2D eigenvalue weighted by Crippen LogP contribution is -2.04. The Balaban J connectivity index is 2.21. The molecule has 0 unspecified atom stereocenters. The van der Waals surface area contributed by atoms with Gasteiger partial charge in [0.1, 0.15) is 5.75 Å². The molecular formula is C13H16N2O3S. The number of aromatic amines is 1. The topological polar surface area (TPSA) is 56.2 Å². The monoisotopic (exact) mass is 280 g/mol. The van der Waals surface area contributed by atoms with Crippen molar-refractivity contribution in [3.05, 3.63) is 23.0 Å². The molecule has 0 saturated heterocycles. The number of nitrogens with one attached hydrogen (secondary N) is 1. The van der Waals surface area contributed by atoms with E-state index in [0.29, 0.717) is 24.2 Å². The van der Waals surface area contributed by atoms with Crippen LogP contribution in [0.1, 0.15) is 12.8 Å². The third-order valence-corrected chi connectivity index (χ3v) is 3.29. The maximum Gasteiger partial charge on any atom is 0.305 e. The van der Waals surface area contributed by atoms with Crippen LogP contribution in [0, 0.1) is 4.77 Å². The van der Waals surface area contributed by atoms with Crippen LogP contribution in [-0.2, 0) is 16.1 Å². The van der Waals surface area contributed by atoms with Crippen LogP contribution in [0.15, 0.2) is 18.2 Å². The summed E-state index contributed by atoms with van der Waals surface area (Å²) >= 11 is 5.29. The Kier molecular flexibility index (Phi) is 4.21. The number of carbonyl (C=O) groups is 1. The second kappa shape index (κ2) is 5.88. The molecular weight excluding hydrogens is 264 g/mol. The third-order valence-electron chi connectivity index (χ3n) is 2.97. The minimum Gasteiger partial charge on any atom is -0.497 e. The van der Waals surface area contributed by atoms with Gasteiger partial charge in [-0.25, -0.2) is 0 Å². The van der Waals surface area contributed by atoms with Crippen LogP contribution in [0.3, 0.4) is 0 Å². The number of aryl methyl sites for hydroxylation is 1. The van der Waals surface area contributed by atoms with E-state index in [1.54, 1.807) is 7.11 Å². The first-order valence-electron chi connectivity index (χ1n) is 5.99. The second-order valence-corrected chi connectivity index (χ2v) is 4.53. The van der Waals surface area contributed by atoms with Gasteiger partial charge in [-0.15, -0.1) is 0 Å². The molecule has 0 amide bonds. The second-order valence-electron chi connectivity index (χ2n) is 4.14. The van der Waals surface area contributed by atoms with Crippen LogP contribution >= 0.6 is 12.2 Å². The molecule has 19 heavy (non-hydrogen) atoms. The van der Waals surface area contributed by atoms with E-state index < -0.39 is 0 Å². The van der Waals surface area contributed by atoms with Gasteiger partial charge in [-0.05, 0) is 30.8 Å². The fraction of sp³-hybridized carbons (Fsp3) is 0.385. The van der Waals surface area contributed by atoms with Crippen LogP contribution < -0.4 is 4.74 Å². The van der Waals surface area contributed by atoms with Gasteiger partial charge in [-0.1, -0.05) is 0 Å². The number of hydrogen-bond acceptors (Lipinski definition) is 4. The first kappa shape index (κ1) is 13.6. The van der Waals surface area contributed by atoms with E-state index in [9.17, 15) is 4.79 Å². The number of H-pyrrole nitrogens is 1. The lowest BCUT2D eigenvalue weighted by atomic mass is 10.2. The van der Waals surface area contributed by atoms with E-state index in [2.05, 4.69) is 9.72 Å². The number of esters is 1. The van der Waals surface area contributed by atoms with E-state index >= 15 is 0 Å². The van der Waals surface area contributed by atoms with E-state index in [1.165, 1.54) is 7.11 Å². The van der Waals surface area contributed by atoms with Crippen LogP contribution in [0.2, 0.25) is 0 Å². The van der Waals surface area contributed by atoms with E-state index in [4.69, 9.17) is 17.0 Å². The number of imidazole rings is 1. The van der Waals surface area contributed by atoms with Crippen molar-refractivity contribution in [2.75, 3.05) is 14.2 Å². The molecule has 0 aliphatic heterocycles. The average molecular weight is 280 g/mol. The molecule has 1 N–H and O–H groups in total. The summed E-state index contributed by atoms with van der Waals surface area (Å²) < 4.78 is 12.4. The summed E-state index contributed by atoms with van der Waals surface area (Å²) in [5.74, 6) is 0.582. The van der Waals surface area contributed by atoms with E-state index in [0.717, 1.165) is 16.8 Å². The van der Waals surface area contributed by atoms with Crippen molar-refractivity contribution in [3.8, 4) is 5.75 Å². The van der Waals surface area contributed by atoms with Gasteiger partial charge in [0.15, 0.2) is 4.77 Å². The normalized spacial score (nSPS) is 10.6. The molecule has 2 rings (SSSR count). The van der Waals surface area contributed by atoms with Gasteiger partial charge < -0.3 is 19.0 Å². The Bertz CT molecular complexity index is 645. The van der Waals surface area contributed by atoms with Gasteiger partial charge in [0.25, 0.3) is 0 Å². The van der Waals surface area contributed by atoms with Crippen LogP contribution in [0.5, 0.6) is 5.75 Å². The molecule has 1 aromatic heterocycles. The highest BCUT2D eigenvalue weighted by atomic mass is 32.1. The Labute approximate surface area is 116 Å². The van der Waals surface area contributed by atoms with Crippen LogP contribution in [-0.4, -0.2) is 29.7 Å². The number of benzene rings is 1. The quantitative estimate of drug-likeness (QED) is 0.676. The summed E-state index contributed by atoms with van der Waals surface area (Å²) in [6, 6.07) is 5.75. The molecule has 0 bridgehead atoms. The van der Waals surface area contributed by atoms with Crippen molar-refractivity contribution >= 4 is 29.2 Å². The number of ether oxygens (including phenoxy) is 2. The summed E-state index contributed by atoms with van der Waals surface area (Å²) in [5.41, 5.74) is 1.94. The smallest absolute Gasteiger partial charge is 0.305 e. The Morgan fingerprint density at radius 3 is 2.89 bits per heavy atom. The molecule has 102 valence electrons. The zero-order valence-corrected chi connectivity index (χ0v) is 11.8. The summed E-state index contributed by atoms with van der Waals surface area (Å²) in [6.45, 7) is 0.681. The summed E-state index contributed by atoms with van der Waals surface area (Å²) in [6.07, 6.45) is 1.08. The molecule has 0 atom stereocenters. The predicted molar refractivity (Wildman–Crippen MR) is 74.9 cm³/mol. The van der Waals surface area contributed by atoms with Gasteiger partial charge in [0, 0.05) is 19.0 Å². The molecule has 5 nitrogen and oxygen atoms in total. The number of nitrogens with zero attached hydrogens (tertiary/aromatic N) is 1. The largest absolute Gasteiger partial charge is 0.497 e. The first-order valence-corrected chi connectivity index (χ1v) is 6.40. The standard InChI is InChI=1S/C13H16N2O3S/c1-17-9-5-6-11-10(8-9)14-13(19)15(11)7-3-4-12(16)18-2/h5-6,8H,3-4,7H2,1-2H3,(H,14,19). The van der Waals surface area contributed by atoms with Crippen LogP contribution in [0.25, 0.3) is 11.0 Å². The number of methoxy groups -OCH3 is 2. The number of fused-ring (bicyclic) bond motifs is 1. The highest BCUT2D eigenvalue weighted by Gasteiger charge is 2.07. The molecule has 0 fully saturated rings. The SMILES string of the molecule is COC(=O)CCCn1c(=S)[nH]c2cc(OC)ccc21. The fourth-order valence-electron chi connectivity index (χ4n) is 1.98. The Morgan fingerprint density at radius 2 is 2.21 bits per heavy atom. The van der Waals surface area contributed by atoms with E-state index in [-0.39, 0.29) is 5.97 Å². The molecule has 0 aliphatic rings. The Morgan fingerprint density at radius 1 is 1.42 bits per heavy atom. The van der Waals surface area contributed by atoms with Crippen molar-refractivity contribution in [2.24, 2.45) is 0 Å². The van der Waals surface area contributed by atoms with Gasteiger partial charge in [0.05, 0.1) is 25.3 Å². The molecule has 0 spiro atoms. The number of carbonyl (C=O) groups excluding carboxylic acids is 1. The maximum atomic E-state index is 11.1. The van der Waals surface area contributed by atoms with Crippen molar-refractivity contribution in [2.45, 2.75) is 19.4 Å². The molecule has 6 heteroatoms. The highest BCUT2D eigenvalue weighted by Crippen LogP contribution is 2.20. The van der Waals surface area contributed by atoms with Crippen molar-refractivity contribution < 1.29 is 14.3 Å². The van der Waals surface area contributed by atoms with Gasteiger partial charge in [0.2, 0.25) is 0 Å². The van der Waals surface area contributed by atoms with Crippen molar-refractivity contribution in [1.82, 2.24) is 9.55 Å². The van der Waals surface area contributed by atoms with Gasteiger partial charge in [-0.2, -0.15) is 0 Å². The van der Waals surface area contributed by atoms with Crippen molar-refractivity contribution in [1.29, 1.82) is 0 Å². The minimum atomic E-state index is -0.201. The molecule has 1 heterocycles. The molecule has 0 saturated carbocycles. The number of hydrogen-bond donors (Lipinski definition) is 1. The third kappa shape index (κ3) is 2.96. The maximum absolute atomic E-state index is 11.1. The molecule has 2 aromatic rings. The summed E-state index contributed by atoms with van der Waals surface area (Å²) in [5, 5.41) is 0. The van der Waals surface area contributed by atoms with E-state index in [1.807, 2.05) is 22.8 Å². The lowest BCUT2D eigenvalue weighted by Gasteiger charge is -2.04. The summed E-state index contributed by atoms with van der Waals surface area (Å²) in [4.78, 5) is 14.2. The molecule has 0 aliphatic carbocycles. The first-order chi connectivity index (χ1) is 9.15. The Hall–Kier alpha value is -1.82. The lowest BCUT2D eigenvalue weighted by molar-refractivity contribution is -0.140. The average Bonchev–Trinajstić information content (AvgIpc) is 2.73. The number of aromatic nitrogens is 2.